The van der Waals surface area contributed by atoms with Gasteiger partial charge in [0, 0.05) is 6.42 Å². The van der Waals surface area contributed by atoms with Gasteiger partial charge in [-0.2, -0.15) is 4.98 Å². The minimum absolute atomic E-state index is 0.0763. The summed E-state index contributed by atoms with van der Waals surface area (Å²) in [5.41, 5.74) is 3.13. The molecule has 0 bridgehead atoms. The molecule has 1 aliphatic heterocycles. The Labute approximate surface area is 124 Å². The molecule has 1 saturated heterocycles. The highest BCUT2D eigenvalue weighted by Gasteiger charge is 2.45. The van der Waals surface area contributed by atoms with Crippen LogP contribution in [0.15, 0.2) is 11.0 Å². The number of aliphatic hydroxyl groups is 1. The Bertz CT molecular complexity index is 673. The Morgan fingerprint density at radius 2 is 2.27 bits per heavy atom. The summed E-state index contributed by atoms with van der Waals surface area (Å²) in [7, 11) is -4.71. The average molecular weight is 337 g/mol. The van der Waals surface area contributed by atoms with Crippen LogP contribution in [0.5, 0.6) is 5.75 Å². The van der Waals surface area contributed by atoms with Crippen molar-refractivity contribution in [1.82, 2.24) is 9.55 Å². The molecule has 1 fully saturated rings. The number of nitrogens with two attached hydrogens (primary N) is 1. The first-order valence-electron chi connectivity index (χ1n) is 6.16. The van der Waals surface area contributed by atoms with Gasteiger partial charge in [-0.25, -0.2) is 9.36 Å². The second-order valence-electron chi connectivity index (χ2n) is 5.05. The number of nitrogens with zero attached hydrogens (tertiary/aromatic N) is 2. The fraction of sp³-hybridized carbons (Fsp3) is 0.600. The lowest BCUT2D eigenvalue weighted by atomic mass is 10.1. The predicted octanol–water partition coefficient (Wildman–Crippen LogP) is -1.54. The highest BCUT2D eigenvalue weighted by Crippen LogP contribution is 2.40. The average Bonchev–Trinajstić information content (AvgIpc) is 2.66. The van der Waals surface area contributed by atoms with Crippen molar-refractivity contribution in [2.75, 3.05) is 12.3 Å². The number of anilines is 1. The Balaban J connectivity index is 2.24. The van der Waals surface area contributed by atoms with Gasteiger partial charge < -0.3 is 30.5 Å². The van der Waals surface area contributed by atoms with Crippen molar-refractivity contribution in [2.24, 2.45) is 0 Å². The SMILES string of the molecule is C[C@]1(n2cc(O)c(N)nc2=O)C[C@H](O)[C@@H](COP(=O)(O)O)O1. The van der Waals surface area contributed by atoms with Crippen molar-refractivity contribution < 1.29 is 33.8 Å². The maximum atomic E-state index is 11.9. The summed E-state index contributed by atoms with van der Waals surface area (Å²) in [4.78, 5) is 32.6. The summed E-state index contributed by atoms with van der Waals surface area (Å²) in [5, 5.41) is 19.5. The maximum absolute atomic E-state index is 11.9. The molecule has 2 rings (SSSR count). The number of aromatic nitrogens is 2. The minimum Gasteiger partial charge on any atom is -0.503 e. The Morgan fingerprint density at radius 1 is 1.64 bits per heavy atom. The molecule has 0 saturated carbocycles. The van der Waals surface area contributed by atoms with Gasteiger partial charge in [-0.3, -0.25) is 9.09 Å². The van der Waals surface area contributed by atoms with Crippen LogP contribution in [-0.4, -0.2) is 48.4 Å². The van der Waals surface area contributed by atoms with E-state index >= 15 is 0 Å². The highest BCUT2D eigenvalue weighted by atomic mass is 31.2. The number of aliphatic hydroxyl groups excluding tert-OH is 1. The van der Waals surface area contributed by atoms with E-state index in [1.165, 1.54) is 6.92 Å². The number of phosphoric ester groups is 1. The standard InChI is InChI=1S/C10H16N3O8P/c1-10(13-3-6(15)8(11)12-9(13)16)2-5(14)7(21-10)4-20-22(17,18)19/h3,5,7,14-15H,2,4H2,1H3,(H2,11,12,16)(H2,17,18,19)/t5-,7+,10+/m0/s1. The molecule has 0 spiro atoms. The van der Waals surface area contributed by atoms with Crippen LogP contribution in [0.2, 0.25) is 0 Å². The van der Waals surface area contributed by atoms with E-state index in [-0.39, 0.29) is 12.2 Å². The monoisotopic (exact) mass is 337 g/mol. The van der Waals surface area contributed by atoms with E-state index in [9.17, 15) is 19.6 Å². The van der Waals surface area contributed by atoms with Gasteiger partial charge in [0.1, 0.15) is 11.8 Å². The van der Waals surface area contributed by atoms with Crippen molar-refractivity contribution in [3.05, 3.63) is 16.7 Å². The van der Waals surface area contributed by atoms with Crippen LogP contribution in [0.4, 0.5) is 5.82 Å². The molecule has 3 atom stereocenters. The molecule has 1 aliphatic rings. The topological polar surface area (TPSA) is 177 Å². The zero-order valence-corrected chi connectivity index (χ0v) is 12.4. The third-order valence-electron chi connectivity index (χ3n) is 3.27. The molecular formula is C10H16N3O8P. The fourth-order valence-electron chi connectivity index (χ4n) is 2.24. The summed E-state index contributed by atoms with van der Waals surface area (Å²) < 4.78 is 21.4. The molecule has 1 aromatic rings. The second kappa shape index (κ2) is 5.61. The zero-order valence-electron chi connectivity index (χ0n) is 11.5. The first-order valence-corrected chi connectivity index (χ1v) is 7.69. The molecule has 6 N–H and O–H groups in total. The molecule has 1 aromatic heterocycles. The lowest BCUT2D eigenvalue weighted by molar-refractivity contribution is -0.106. The number of ether oxygens (including phenoxy) is 1. The summed E-state index contributed by atoms with van der Waals surface area (Å²) in [5.74, 6) is -0.779. The van der Waals surface area contributed by atoms with Gasteiger partial charge in [0.25, 0.3) is 0 Å². The quantitative estimate of drug-likeness (QED) is 0.404. The number of rotatable bonds is 4. The van der Waals surface area contributed by atoms with E-state index in [0.717, 1.165) is 10.8 Å². The van der Waals surface area contributed by atoms with Crippen molar-refractivity contribution >= 4 is 13.6 Å². The summed E-state index contributed by atoms with van der Waals surface area (Å²) >= 11 is 0. The smallest absolute Gasteiger partial charge is 0.469 e. The van der Waals surface area contributed by atoms with Gasteiger partial charge in [-0.1, -0.05) is 0 Å². The molecule has 11 nitrogen and oxygen atoms in total. The van der Waals surface area contributed by atoms with Crippen LogP contribution in [0.3, 0.4) is 0 Å². The lowest BCUT2D eigenvalue weighted by Crippen LogP contribution is -2.40. The van der Waals surface area contributed by atoms with Crippen LogP contribution in [0.1, 0.15) is 13.3 Å². The molecule has 2 heterocycles. The van der Waals surface area contributed by atoms with Gasteiger partial charge in [0.05, 0.1) is 18.9 Å². The number of hydrogen-bond acceptors (Lipinski definition) is 8. The van der Waals surface area contributed by atoms with Crippen LogP contribution in [0, 0.1) is 0 Å². The largest absolute Gasteiger partial charge is 0.503 e. The molecule has 0 aliphatic carbocycles. The molecule has 0 unspecified atom stereocenters. The van der Waals surface area contributed by atoms with Crippen LogP contribution in [-0.2, 0) is 19.6 Å². The first-order chi connectivity index (χ1) is 10.0. The van der Waals surface area contributed by atoms with Crippen molar-refractivity contribution in [3.63, 3.8) is 0 Å². The predicted molar refractivity (Wildman–Crippen MR) is 71.7 cm³/mol. The van der Waals surface area contributed by atoms with Crippen molar-refractivity contribution in [1.29, 1.82) is 0 Å². The van der Waals surface area contributed by atoms with Crippen molar-refractivity contribution in [3.8, 4) is 5.75 Å². The second-order valence-corrected chi connectivity index (χ2v) is 6.29. The Hall–Kier alpha value is -1.49. The zero-order chi connectivity index (χ0) is 16.7. The summed E-state index contributed by atoms with van der Waals surface area (Å²) in [6, 6.07) is 0. The molecular weight excluding hydrogens is 321 g/mol. The van der Waals surface area contributed by atoms with Gasteiger partial charge in [-0.05, 0) is 6.92 Å². The van der Waals surface area contributed by atoms with Crippen LogP contribution >= 0.6 is 7.82 Å². The fourth-order valence-corrected chi connectivity index (χ4v) is 2.58. The summed E-state index contributed by atoms with van der Waals surface area (Å²) in [6.07, 6.45) is -1.26. The van der Waals surface area contributed by atoms with Crippen LogP contribution in [0.25, 0.3) is 0 Å². The van der Waals surface area contributed by atoms with Gasteiger partial charge >= 0.3 is 13.5 Å². The number of aromatic hydroxyl groups is 1. The number of nitrogen functional groups attached to an aromatic ring is 1. The molecule has 22 heavy (non-hydrogen) atoms. The maximum Gasteiger partial charge on any atom is 0.469 e. The van der Waals surface area contributed by atoms with E-state index < -0.39 is 43.8 Å². The first kappa shape index (κ1) is 16.9. The number of hydrogen-bond donors (Lipinski definition) is 5. The van der Waals surface area contributed by atoms with Gasteiger partial charge in [0.15, 0.2) is 11.6 Å². The van der Waals surface area contributed by atoms with Gasteiger partial charge in [0.2, 0.25) is 0 Å². The molecule has 124 valence electrons. The third-order valence-corrected chi connectivity index (χ3v) is 3.76. The van der Waals surface area contributed by atoms with E-state index in [1.54, 1.807) is 0 Å². The molecule has 0 amide bonds. The molecule has 0 aromatic carbocycles. The van der Waals surface area contributed by atoms with Crippen LogP contribution < -0.4 is 11.4 Å². The van der Waals surface area contributed by atoms with E-state index in [4.69, 9.17) is 20.3 Å². The Kier molecular flexibility index (Phi) is 4.30. The van der Waals surface area contributed by atoms with Crippen molar-refractivity contribution in [2.45, 2.75) is 31.3 Å². The number of phosphoric acid groups is 1. The van der Waals surface area contributed by atoms with Gasteiger partial charge in [-0.15, -0.1) is 0 Å². The van der Waals surface area contributed by atoms with E-state index in [1.807, 2.05) is 0 Å². The summed E-state index contributed by atoms with van der Waals surface area (Å²) in [6.45, 7) is 0.885. The highest BCUT2D eigenvalue weighted by molar-refractivity contribution is 7.46. The molecule has 12 heteroatoms. The minimum atomic E-state index is -4.71. The molecule has 0 radical (unpaired) electrons. The normalized spacial score (nSPS) is 28.9. The van der Waals surface area contributed by atoms with E-state index in [2.05, 4.69) is 9.51 Å². The Morgan fingerprint density at radius 3 is 2.86 bits per heavy atom. The lowest BCUT2D eigenvalue weighted by Gasteiger charge is -2.26. The third kappa shape index (κ3) is 3.46. The van der Waals surface area contributed by atoms with E-state index in [0.29, 0.717) is 0 Å².